The zero-order valence-electron chi connectivity index (χ0n) is 7.25. The lowest BCUT2D eigenvalue weighted by molar-refractivity contribution is 0.174. The first-order valence-corrected chi connectivity index (χ1v) is 4.58. The molecule has 13 heavy (non-hydrogen) atoms. The molecule has 0 amide bonds. The summed E-state index contributed by atoms with van der Waals surface area (Å²) in [6.07, 6.45) is 2.57. The minimum absolute atomic E-state index is 0.349. The topological polar surface area (TPSA) is 30.5 Å². The van der Waals surface area contributed by atoms with Crippen LogP contribution in [0, 0.1) is 0 Å². The van der Waals surface area contributed by atoms with E-state index in [1.165, 1.54) is 12.8 Å². The minimum Gasteiger partial charge on any atom is -0.454 e. The Balaban J connectivity index is 1.86. The Labute approximate surface area is 76.7 Å². The molecule has 3 nitrogen and oxygen atoms in total. The van der Waals surface area contributed by atoms with E-state index < -0.39 is 0 Å². The van der Waals surface area contributed by atoms with Crippen LogP contribution in [0.2, 0.25) is 0 Å². The summed E-state index contributed by atoms with van der Waals surface area (Å²) < 4.78 is 10.5. The predicted octanol–water partition coefficient (Wildman–Crippen LogP) is 1.99. The molecule has 1 aliphatic carbocycles. The van der Waals surface area contributed by atoms with Crippen LogP contribution in [-0.2, 0) is 0 Å². The normalized spacial score (nSPS) is 18.8. The summed E-state index contributed by atoms with van der Waals surface area (Å²) in [5, 5.41) is 3.41. The standard InChI is InChI=1S/C10H11NO2/c1-2-7(1)11-8-3-4-9-10(5-8)13-6-12-9/h3-5,7,11H,1-2,6H2. The molecule has 0 spiro atoms. The van der Waals surface area contributed by atoms with Gasteiger partial charge in [0.05, 0.1) is 0 Å². The second-order valence-electron chi connectivity index (χ2n) is 3.49. The Kier molecular flexibility index (Phi) is 1.39. The number of anilines is 1. The molecule has 68 valence electrons. The molecule has 1 N–H and O–H groups in total. The van der Waals surface area contributed by atoms with E-state index in [-0.39, 0.29) is 0 Å². The Morgan fingerprint density at radius 2 is 2.00 bits per heavy atom. The quantitative estimate of drug-likeness (QED) is 0.749. The van der Waals surface area contributed by atoms with Crippen molar-refractivity contribution in [2.24, 2.45) is 0 Å². The first-order valence-electron chi connectivity index (χ1n) is 4.58. The van der Waals surface area contributed by atoms with Gasteiger partial charge in [-0.3, -0.25) is 0 Å². The lowest BCUT2D eigenvalue weighted by Crippen LogP contribution is -1.99. The second kappa shape index (κ2) is 2.55. The highest BCUT2D eigenvalue weighted by Gasteiger charge is 2.21. The first kappa shape index (κ1) is 7.06. The van der Waals surface area contributed by atoms with E-state index in [9.17, 15) is 0 Å². The number of rotatable bonds is 2. The van der Waals surface area contributed by atoms with E-state index >= 15 is 0 Å². The molecule has 2 aliphatic rings. The molecule has 0 bridgehead atoms. The van der Waals surface area contributed by atoms with Crippen molar-refractivity contribution in [3.05, 3.63) is 18.2 Å². The van der Waals surface area contributed by atoms with Gasteiger partial charge in [0, 0.05) is 17.8 Å². The minimum atomic E-state index is 0.349. The summed E-state index contributed by atoms with van der Waals surface area (Å²) >= 11 is 0. The van der Waals surface area contributed by atoms with Crippen LogP contribution in [0.5, 0.6) is 11.5 Å². The molecule has 3 heteroatoms. The number of nitrogens with one attached hydrogen (secondary N) is 1. The van der Waals surface area contributed by atoms with E-state index in [2.05, 4.69) is 5.32 Å². The molecular formula is C10H11NO2. The van der Waals surface area contributed by atoms with Crippen molar-refractivity contribution in [2.45, 2.75) is 18.9 Å². The van der Waals surface area contributed by atoms with E-state index in [1.807, 2.05) is 18.2 Å². The second-order valence-corrected chi connectivity index (χ2v) is 3.49. The van der Waals surface area contributed by atoms with E-state index in [4.69, 9.17) is 9.47 Å². The molecule has 1 saturated carbocycles. The Morgan fingerprint density at radius 3 is 2.85 bits per heavy atom. The smallest absolute Gasteiger partial charge is 0.231 e. The SMILES string of the molecule is c1cc2c(cc1NC1CC1)OCO2. The van der Waals surface area contributed by atoms with Gasteiger partial charge in [-0.2, -0.15) is 0 Å². The van der Waals surface area contributed by atoms with Crippen molar-refractivity contribution < 1.29 is 9.47 Å². The zero-order valence-corrected chi connectivity index (χ0v) is 7.25. The van der Waals surface area contributed by atoms with Crippen LogP contribution in [0.4, 0.5) is 5.69 Å². The molecule has 1 aliphatic heterocycles. The summed E-state index contributed by atoms with van der Waals surface area (Å²) in [5.41, 5.74) is 1.13. The number of benzene rings is 1. The maximum atomic E-state index is 5.28. The van der Waals surface area contributed by atoms with Crippen LogP contribution < -0.4 is 14.8 Å². The summed E-state index contributed by atoms with van der Waals surface area (Å²) in [6, 6.07) is 6.67. The molecular weight excluding hydrogens is 166 g/mol. The lowest BCUT2D eigenvalue weighted by atomic mass is 10.3. The molecule has 0 aromatic heterocycles. The monoisotopic (exact) mass is 177 g/mol. The fourth-order valence-corrected chi connectivity index (χ4v) is 1.45. The molecule has 0 radical (unpaired) electrons. The van der Waals surface area contributed by atoms with Gasteiger partial charge in [0.2, 0.25) is 6.79 Å². The summed E-state index contributed by atoms with van der Waals surface area (Å²) in [5.74, 6) is 1.70. The van der Waals surface area contributed by atoms with Gasteiger partial charge >= 0.3 is 0 Å². The molecule has 0 saturated heterocycles. The molecule has 0 atom stereocenters. The van der Waals surface area contributed by atoms with Crippen molar-refractivity contribution in [3.63, 3.8) is 0 Å². The molecule has 3 rings (SSSR count). The predicted molar refractivity (Wildman–Crippen MR) is 49.2 cm³/mol. The third kappa shape index (κ3) is 1.30. The lowest BCUT2D eigenvalue weighted by Gasteiger charge is -2.04. The van der Waals surface area contributed by atoms with Gasteiger partial charge in [-0.05, 0) is 25.0 Å². The third-order valence-electron chi connectivity index (χ3n) is 2.32. The average Bonchev–Trinajstić information content (AvgIpc) is 2.83. The third-order valence-corrected chi connectivity index (χ3v) is 2.32. The Morgan fingerprint density at radius 1 is 1.15 bits per heavy atom. The fourth-order valence-electron chi connectivity index (χ4n) is 1.45. The highest BCUT2D eigenvalue weighted by Crippen LogP contribution is 2.35. The van der Waals surface area contributed by atoms with Crippen molar-refractivity contribution in [1.29, 1.82) is 0 Å². The number of fused-ring (bicyclic) bond motifs is 1. The summed E-state index contributed by atoms with van der Waals surface area (Å²) in [7, 11) is 0. The van der Waals surface area contributed by atoms with Gasteiger partial charge in [-0.1, -0.05) is 0 Å². The van der Waals surface area contributed by atoms with Gasteiger partial charge in [0.1, 0.15) is 0 Å². The average molecular weight is 177 g/mol. The van der Waals surface area contributed by atoms with Gasteiger partial charge in [0.25, 0.3) is 0 Å². The summed E-state index contributed by atoms with van der Waals surface area (Å²) in [6.45, 7) is 0.349. The van der Waals surface area contributed by atoms with Crippen molar-refractivity contribution >= 4 is 5.69 Å². The van der Waals surface area contributed by atoms with Gasteiger partial charge in [0.15, 0.2) is 11.5 Å². The summed E-state index contributed by atoms with van der Waals surface area (Å²) in [4.78, 5) is 0. The maximum absolute atomic E-state index is 5.28. The van der Waals surface area contributed by atoms with Crippen LogP contribution in [0.15, 0.2) is 18.2 Å². The van der Waals surface area contributed by atoms with Crippen LogP contribution in [-0.4, -0.2) is 12.8 Å². The molecule has 1 aromatic carbocycles. The molecule has 0 unspecified atom stereocenters. The van der Waals surface area contributed by atoms with Crippen LogP contribution in [0.3, 0.4) is 0 Å². The molecule has 1 heterocycles. The zero-order chi connectivity index (χ0) is 8.67. The maximum Gasteiger partial charge on any atom is 0.231 e. The molecule has 1 fully saturated rings. The largest absolute Gasteiger partial charge is 0.454 e. The van der Waals surface area contributed by atoms with Crippen molar-refractivity contribution in [2.75, 3.05) is 12.1 Å². The van der Waals surface area contributed by atoms with Crippen molar-refractivity contribution in [3.8, 4) is 11.5 Å². The molecule has 1 aromatic rings. The first-order chi connectivity index (χ1) is 6.42. The number of hydrogen-bond donors (Lipinski definition) is 1. The number of hydrogen-bond acceptors (Lipinski definition) is 3. The van der Waals surface area contributed by atoms with E-state index in [0.29, 0.717) is 12.8 Å². The van der Waals surface area contributed by atoms with E-state index in [0.717, 1.165) is 17.2 Å². The Bertz CT molecular complexity index is 334. The van der Waals surface area contributed by atoms with Crippen molar-refractivity contribution in [1.82, 2.24) is 0 Å². The van der Waals surface area contributed by atoms with Crippen LogP contribution in [0.1, 0.15) is 12.8 Å². The van der Waals surface area contributed by atoms with Gasteiger partial charge < -0.3 is 14.8 Å². The van der Waals surface area contributed by atoms with E-state index in [1.54, 1.807) is 0 Å². The van der Waals surface area contributed by atoms with Gasteiger partial charge in [-0.25, -0.2) is 0 Å². The number of ether oxygens (including phenoxy) is 2. The highest BCUT2D eigenvalue weighted by atomic mass is 16.7. The van der Waals surface area contributed by atoms with Crippen LogP contribution >= 0.6 is 0 Å². The van der Waals surface area contributed by atoms with Gasteiger partial charge in [-0.15, -0.1) is 0 Å². The fraction of sp³-hybridized carbons (Fsp3) is 0.400. The highest BCUT2D eigenvalue weighted by molar-refractivity contribution is 5.56. The van der Waals surface area contributed by atoms with Crippen LogP contribution in [0.25, 0.3) is 0 Å². The Hall–Kier alpha value is -1.38.